The van der Waals surface area contributed by atoms with E-state index in [4.69, 9.17) is 4.74 Å². The number of hydrogen-bond acceptors (Lipinski definition) is 2. The summed E-state index contributed by atoms with van der Waals surface area (Å²) < 4.78 is 5.18. The molecular formula is C20H19NO. The van der Waals surface area contributed by atoms with E-state index in [9.17, 15) is 0 Å². The SMILES string of the molecule is COc1ccc([C@@H](C)N=Cc2ccc3ccccc3c2)cc1. The average Bonchev–Trinajstić information content (AvgIpc) is 2.59. The molecule has 1 atom stereocenters. The van der Waals surface area contributed by atoms with Gasteiger partial charge in [0, 0.05) is 6.21 Å². The molecule has 3 aromatic rings. The third-order valence-corrected chi connectivity index (χ3v) is 3.82. The van der Waals surface area contributed by atoms with Gasteiger partial charge in [0.15, 0.2) is 0 Å². The maximum absolute atomic E-state index is 5.18. The van der Waals surface area contributed by atoms with Gasteiger partial charge in [-0.3, -0.25) is 4.99 Å². The zero-order valence-corrected chi connectivity index (χ0v) is 12.9. The van der Waals surface area contributed by atoms with E-state index in [-0.39, 0.29) is 6.04 Å². The summed E-state index contributed by atoms with van der Waals surface area (Å²) in [6, 6.07) is 22.9. The van der Waals surface area contributed by atoms with Crippen LogP contribution in [0.15, 0.2) is 71.7 Å². The molecule has 0 fully saturated rings. The second-order valence-electron chi connectivity index (χ2n) is 5.33. The molecule has 0 saturated carbocycles. The number of aliphatic imine (C=N–C) groups is 1. The maximum Gasteiger partial charge on any atom is 0.118 e. The van der Waals surface area contributed by atoms with Crippen molar-refractivity contribution in [2.45, 2.75) is 13.0 Å². The van der Waals surface area contributed by atoms with Crippen LogP contribution in [0.3, 0.4) is 0 Å². The minimum atomic E-state index is 0.123. The molecule has 110 valence electrons. The van der Waals surface area contributed by atoms with Crippen molar-refractivity contribution in [3.05, 3.63) is 77.9 Å². The fourth-order valence-corrected chi connectivity index (χ4v) is 2.45. The quantitative estimate of drug-likeness (QED) is 0.617. The summed E-state index contributed by atoms with van der Waals surface area (Å²) in [5.74, 6) is 0.870. The first-order valence-electron chi connectivity index (χ1n) is 7.42. The molecule has 0 amide bonds. The normalized spacial score (nSPS) is 12.6. The summed E-state index contributed by atoms with van der Waals surface area (Å²) in [7, 11) is 1.68. The standard InChI is InChI=1S/C20H19NO/c1-15(17-9-11-20(22-2)12-10-17)21-14-16-7-8-18-5-3-4-6-19(18)13-16/h3-15H,1-2H3/t15-/m1/s1. The Labute approximate surface area is 131 Å². The predicted molar refractivity (Wildman–Crippen MR) is 93.0 cm³/mol. The summed E-state index contributed by atoms with van der Waals surface area (Å²) in [6.07, 6.45) is 1.95. The molecule has 0 aromatic heterocycles. The lowest BCUT2D eigenvalue weighted by atomic mass is 10.1. The second-order valence-corrected chi connectivity index (χ2v) is 5.33. The zero-order chi connectivity index (χ0) is 15.4. The van der Waals surface area contributed by atoms with Crippen molar-refractivity contribution in [1.29, 1.82) is 0 Å². The van der Waals surface area contributed by atoms with Gasteiger partial charge in [-0.25, -0.2) is 0 Å². The Morgan fingerprint density at radius 3 is 2.36 bits per heavy atom. The lowest BCUT2D eigenvalue weighted by Crippen LogP contribution is -1.92. The molecule has 0 heterocycles. The van der Waals surface area contributed by atoms with Gasteiger partial charge in [0.2, 0.25) is 0 Å². The molecular weight excluding hydrogens is 270 g/mol. The second kappa shape index (κ2) is 6.44. The molecule has 2 heteroatoms. The largest absolute Gasteiger partial charge is 0.497 e. The highest BCUT2D eigenvalue weighted by atomic mass is 16.5. The van der Waals surface area contributed by atoms with E-state index in [1.165, 1.54) is 16.3 Å². The number of hydrogen-bond donors (Lipinski definition) is 0. The van der Waals surface area contributed by atoms with Crippen LogP contribution in [0.5, 0.6) is 5.75 Å². The molecule has 22 heavy (non-hydrogen) atoms. The molecule has 0 unspecified atom stereocenters. The Hall–Kier alpha value is -2.61. The van der Waals surface area contributed by atoms with Crippen LogP contribution in [0.25, 0.3) is 10.8 Å². The number of benzene rings is 3. The first kappa shape index (κ1) is 14.3. The van der Waals surface area contributed by atoms with Gasteiger partial charge in [0.1, 0.15) is 5.75 Å². The third kappa shape index (κ3) is 3.17. The van der Waals surface area contributed by atoms with Crippen LogP contribution < -0.4 is 4.74 Å². The van der Waals surface area contributed by atoms with Gasteiger partial charge in [-0.1, -0.05) is 48.5 Å². The summed E-state index contributed by atoms with van der Waals surface area (Å²) >= 11 is 0. The first-order valence-corrected chi connectivity index (χ1v) is 7.42. The third-order valence-electron chi connectivity index (χ3n) is 3.82. The Bertz CT molecular complexity index is 790. The van der Waals surface area contributed by atoms with Crippen molar-refractivity contribution >= 4 is 17.0 Å². The highest BCUT2D eigenvalue weighted by Crippen LogP contribution is 2.20. The van der Waals surface area contributed by atoms with Crippen molar-refractivity contribution in [2.75, 3.05) is 7.11 Å². The summed E-state index contributed by atoms with van der Waals surface area (Å²) in [5.41, 5.74) is 2.30. The molecule has 2 nitrogen and oxygen atoms in total. The van der Waals surface area contributed by atoms with Crippen LogP contribution in [0.4, 0.5) is 0 Å². The van der Waals surface area contributed by atoms with Crippen molar-refractivity contribution in [3.63, 3.8) is 0 Å². The van der Waals surface area contributed by atoms with Crippen LogP contribution >= 0.6 is 0 Å². The lowest BCUT2D eigenvalue weighted by Gasteiger charge is -2.07. The van der Waals surface area contributed by atoms with Gasteiger partial charge in [0.05, 0.1) is 13.2 Å². The van der Waals surface area contributed by atoms with Gasteiger partial charge in [-0.05, 0) is 47.0 Å². The van der Waals surface area contributed by atoms with Gasteiger partial charge >= 0.3 is 0 Å². The van der Waals surface area contributed by atoms with Crippen LogP contribution in [-0.4, -0.2) is 13.3 Å². The van der Waals surface area contributed by atoms with E-state index < -0.39 is 0 Å². The number of methoxy groups -OCH3 is 1. The molecule has 0 N–H and O–H groups in total. The van der Waals surface area contributed by atoms with E-state index in [2.05, 4.69) is 66.5 Å². The van der Waals surface area contributed by atoms with Crippen molar-refractivity contribution in [3.8, 4) is 5.75 Å². The minimum Gasteiger partial charge on any atom is -0.497 e. The molecule has 3 aromatic carbocycles. The summed E-state index contributed by atoms with van der Waals surface area (Å²) in [6.45, 7) is 2.10. The molecule has 0 aliphatic rings. The van der Waals surface area contributed by atoms with Gasteiger partial charge in [-0.15, -0.1) is 0 Å². The van der Waals surface area contributed by atoms with Crippen LogP contribution in [0.2, 0.25) is 0 Å². The highest BCUT2D eigenvalue weighted by molar-refractivity contribution is 5.90. The number of ether oxygens (including phenoxy) is 1. The summed E-state index contributed by atoms with van der Waals surface area (Å²) in [5, 5.41) is 2.49. The molecule has 0 aliphatic heterocycles. The Morgan fingerprint density at radius 1 is 0.909 bits per heavy atom. The topological polar surface area (TPSA) is 21.6 Å². The van der Waals surface area contributed by atoms with Gasteiger partial charge in [-0.2, -0.15) is 0 Å². The molecule has 3 rings (SSSR count). The van der Waals surface area contributed by atoms with Crippen LogP contribution in [0.1, 0.15) is 24.1 Å². The maximum atomic E-state index is 5.18. The zero-order valence-electron chi connectivity index (χ0n) is 12.9. The molecule has 0 saturated heterocycles. The van der Waals surface area contributed by atoms with Crippen LogP contribution in [-0.2, 0) is 0 Å². The number of rotatable bonds is 4. The van der Waals surface area contributed by atoms with E-state index in [1.54, 1.807) is 7.11 Å². The van der Waals surface area contributed by atoms with Gasteiger partial charge < -0.3 is 4.74 Å². The summed E-state index contributed by atoms with van der Waals surface area (Å²) in [4.78, 5) is 4.66. The smallest absolute Gasteiger partial charge is 0.118 e. The Balaban J connectivity index is 1.78. The van der Waals surface area contributed by atoms with Crippen molar-refractivity contribution in [2.24, 2.45) is 4.99 Å². The fourth-order valence-electron chi connectivity index (χ4n) is 2.45. The highest BCUT2D eigenvalue weighted by Gasteiger charge is 2.02. The minimum absolute atomic E-state index is 0.123. The number of nitrogens with zero attached hydrogens (tertiary/aromatic N) is 1. The van der Waals surface area contributed by atoms with E-state index >= 15 is 0 Å². The Morgan fingerprint density at radius 2 is 1.64 bits per heavy atom. The van der Waals surface area contributed by atoms with E-state index in [1.807, 2.05) is 18.3 Å². The molecule has 0 radical (unpaired) electrons. The fraction of sp³-hybridized carbons (Fsp3) is 0.150. The molecule has 0 aliphatic carbocycles. The van der Waals surface area contributed by atoms with Crippen LogP contribution in [0, 0.1) is 0 Å². The lowest BCUT2D eigenvalue weighted by molar-refractivity contribution is 0.414. The van der Waals surface area contributed by atoms with E-state index in [0.29, 0.717) is 0 Å². The van der Waals surface area contributed by atoms with Crippen molar-refractivity contribution in [1.82, 2.24) is 0 Å². The monoisotopic (exact) mass is 289 g/mol. The van der Waals surface area contributed by atoms with Gasteiger partial charge in [0.25, 0.3) is 0 Å². The average molecular weight is 289 g/mol. The number of fused-ring (bicyclic) bond motifs is 1. The first-order chi connectivity index (χ1) is 10.8. The molecule has 0 spiro atoms. The predicted octanol–water partition coefficient (Wildman–Crippen LogP) is 5.03. The van der Waals surface area contributed by atoms with E-state index in [0.717, 1.165) is 11.3 Å². The Kier molecular flexibility index (Phi) is 4.19. The van der Waals surface area contributed by atoms with Crippen molar-refractivity contribution < 1.29 is 4.74 Å². The molecule has 0 bridgehead atoms.